The molecule has 0 aliphatic heterocycles. The molecule has 0 N–H and O–H groups in total. The number of benzene rings is 7. The summed E-state index contributed by atoms with van der Waals surface area (Å²) in [6.07, 6.45) is 0. The normalized spacial score (nSPS) is 11.6. The van der Waals surface area contributed by atoms with Gasteiger partial charge in [-0.2, -0.15) is 0 Å². The lowest BCUT2D eigenvalue weighted by Crippen LogP contribution is -2.00. The van der Waals surface area contributed by atoms with E-state index in [0.717, 1.165) is 55.3 Å². The molecule has 10 aromatic rings. The second kappa shape index (κ2) is 11.4. The van der Waals surface area contributed by atoms with Crippen molar-refractivity contribution >= 4 is 43.7 Å². The molecule has 0 aliphatic rings. The molecule has 10 rings (SSSR count). The summed E-state index contributed by atoms with van der Waals surface area (Å²) in [6, 6.07) is 58.7. The molecule has 7 aromatic carbocycles. The Balaban J connectivity index is 1.10. The fraction of sp³-hybridized carbons (Fsp3) is 0. The third kappa shape index (κ3) is 4.67. The average molecular weight is 641 g/mol. The van der Waals surface area contributed by atoms with Crippen molar-refractivity contribution in [2.24, 2.45) is 0 Å². The Kier molecular flexibility index (Phi) is 6.42. The first-order chi connectivity index (χ1) is 24.8. The fourth-order valence-electron chi connectivity index (χ4n) is 7.04. The quantitative estimate of drug-likeness (QED) is 0.188. The van der Waals surface area contributed by atoms with Gasteiger partial charge in [-0.1, -0.05) is 115 Å². The van der Waals surface area contributed by atoms with E-state index in [0.29, 0.717) is 17.5 Å². The van der Waals surface area contributed by atoms with Crippen LogP contribution in [0, 0.1) is 0 Å². The highest BCUT2D eigenvalue weighted by molar-refractivity contribution is 6.11. The van der Waals surface area contributed by atoms with Crippen LogP contribution in [0.25, 0.3) is 94.7 Å². The van der Waals surface area contributed by atoms with E-state index in [9.17, 15) is 0 Å². The molecule has 3 aromatic heterocycles. The maximum Gasteiger partial charge on any atom is 0.164 e. The Morgan fingerprint density at radius 2 is 0.900 bits per heavy atom. The minimum absolute atomic E-state index is 0.616. The molecule has 0 aliphatic carbocycles. The molecule has 0 bridgehead atoms. The first kappa shape index (κ1) is 28.2. The lowest BCUT2D eigenvalue weighted by molar-refractivity contribution is 0.668. The summed E-state index contributed by atoms with van der Waals surface area (Å²) in [6.45, 7) is 0. The summed E-state index contributed by atoms with van der Waals surface area (Å²) in [4.78, 5) is 14.7. The maximum absolute atomic E-state index is 6.50. The first-order valence-electron chi connectivity index (χ1n) is 16.7. The standard InChI is InChI=1S/C45H28N4O/c1-4-12-29(13-5-1)32-20-24-40-37(26-32)35-18-10-11-19-39(35)49(40)34-22-23-36-38-27-33(21-25-41(38)50-42(36)28-34)45-47-43(30-14-6-2-7-15-30)46-44(48-45)31-16-8-3-9-17-31/h1-28H. The van der Waals surface area contributed by atoms with Gasteiger partial charge in [0.25, 0.3) is 0 Å². The minimum atomic E-state index is 0.616. The molecular weight excluding hydrogens is 613 g/mol. The van der Waals surface area contributed by atoms with Gasteiger partial charge in [0.2, 0.25) is 0 Å². The summed E-state index contributed by atoms with van der Waals surface area (Å²) in [7, 11) is 0. The van der Waals surface area contributed by atoms with Gasteiger partial charge in [0.1, 0.15) is 11.2 Å². The predicted molar refractivity (Wildman–Crippen MR) is 203 cm³/mol. The van der Waals surface area contributed by atoms with Crippen molar-refractivity contribution in [2.45, 2.75) is 0 Å². The Labute approximate surface area is 287 Å². The van der Waals surface area contributed by atoms with Crippen molar-refractivity contribution in [3.8, 4) is 51.0 Å². The van der Waals surface area contributed by atoms with Gasteiger partial charge in [0.05, 0.1) is 11.0 Å². The molecule has 5 nitrogen and oxygen atoms in total. The monoisotopic (exact) mass is 640 g/mol. The molecule has 0 unspecified atom stereocenters. The van der Waals surface area contributed by atoms with E-state index in [1.165, 1.54) is 21.9 Å². The van der Waals surface area contributed by atoms with Gasteiger partial charge in [-0.05, 0) is 59.7 Å². The highest BCUT2D eigenvalue weighted by atomic mass is 16.3. The lowest BCUT2D eigenvalue weighted by Gasteiger charge is -2.09. The second-order valence-corrected chi connectivity index (χ2v) is 12.5. The Morgan fingerprint density at radius 1 is 0.340 bits per heavy atom. The van der Waals surface area contributed by atoms with Crippen LogP contribution in [0.2, 0.25) is 0 Å². The molecule has 0 amide bonds. The number of nitrogens with zero attached hydrogens (tertiary/aromatic N) is 4. The maximum atomic E-state index is 6.50. The summed E-state index contributed by atoms with van der Waals surface area (Å²) in [5, 5.41) is 4.50. The number of furan rings is 1. The predicted octanol–water partition coefficient (Wildman–Crippen LogP) is 11.5. The van der Waals surface area contributed by atoms with Crippen molar-refractivity contribution in [1.29, 1.82) is 0 Å². The van der Waals surface area contributed by atoms with Gasteiger partial charge in [-0.3, -0.25) is 0 Å². The number of hydrogen-bond acceptors (Lipinski definition) is 4. The summed E-state index contributed by atoms with van der Waals surface area (Å²) >= 11 is 0. The van der Waals surface area contributed by atoms with E-state index in [1.54, 1.807) is 0 Å². The lowest BCUT2D eigenvalue weighted by atomic mass is 10.0. The average Bonchev–Trinajstić information content (AvgIpc) is 3.73. The zero-order chi connectivity index (χ0) is 33.0. The van der Waals surface area contributed by atoms with Gasteiger partial charge in [0, 0.05) is 50.0 Å². The topological polar surface area (TPSA) is 56.7 Å². The summed E-state index contributed by atoms with van der Waals surface area (Å²) in [5.41, 5.74) is 10.2. The first-order valence-corrected chi connectivity index (χ1v) is 16.7. The van der Waals surface area contributed by atoms with Crippen molar-refractivity contribution in [1.82, 2.24) is 19.5 Å². The highest BCUT2D eigenvalue weighted by Crippen LogP contribution is 2.38. The van der Waals surface area contributed by atoms with Crippen LogP contribution in [0.15, 0.2) is 174 Å². The van der Waals surface area contributed by atoms with Crippen LogP contribution >= 0.6 is 0 Å². The summed E-state index contributed by atoms with van der Waals surface area (Å²) in [5.74, 6) is 1.89. The number of hydrogen-bond donors (Lipinski definition) is 0. The number of rotatable bonds is 5. The number of fused-ring (bicyclic) bond motifs is 6. The fourth-order valence-corrected chi connectivity index (χ4v) is 7.04. The van der Waals surface area contributed by atoms with Crippen LogP contribution in [0.4, 0.5) is 0 Å². The van der Waals surface area contributed by atoms with Crippen molar-refractivity contribution in [3.63, 3.8) is 0 Å². The SMILES string of the molecule is c1ccc(-c2ccc3c(c2)c2ccccc2n3-c2ccc3c(c2)oc2ccc(-c4nc(-c5ccccc5)nc(-c5ccccc5)n4)cc23)cc1. The molecule has 234 valence electrons. The van der Waals surface area contributed by atoms with Crippen molar-refractivity contribution in [2.75, 3.05) is 0 Å². The van der Waals surface area contributed by atoms with E-state index in [-0.39, 0.29) is 0 Å². The minimum Gasteiger partial charge on any atom is -0.456 e. The summed E-state index contributed by atoms with van der Waals surface area (Å²) < 4.78 is 8.83. The molecule has 0 fully saturated rings. The molecule has 3 heterocycles. The third-order valence-corrected chi connectivity index (χ3v) is 9.45. The second-order valence-electron chi connectivity index (χ2n) is 12.5. The van der Waals surface area contributed by atoms with Crippen molar-refractivity contribution in [3.05, 3.63) is 170 Å². The van der Waals surface area contributed by atoms with Gasteiger partial charge in [-0.15, -0.1) is 0 Å². The molecule has 0 saturated heterocycles. The molecule has 50 heavy (non-hydrogen) atoms. The molecule has 0 spiro atoms. The zero-order valence-electron chi connectivity index (χ0n) is 26.9. The molecule has 0 radical (unpaired) electrons. The van der Waals surface area contributed by atoms with Crippen LogP contribution in [-0.4, -0.2) is 19.5 Å². The van der Waals surface area contributed by atoms with E-state index < -0.39 is 0 Å². The van der Waals surface area contributed by atoms with Gasteiger partial charge >= 0.3 is 0 Å². The molecule has 0 saturated carbocycles. The Bertz CT molecular complexity index is 2800. The van der Waals surface area contributed by atoms with E-state index >= 15 is 0 Å². The van der Waals surface area contributed by atoms with Gasteiger partial charge < -0.3 is 8.98 Å². The zero-order valence-corrected chi connectivity index (χ0v) is 26.9. The van der Waals surface area contributed by atoms with E-state index in [4.69, 9.17) is 19.4 Å². The molecule has 0 atom stereocenters. The molecule has 5 heteroatoms. The largest absolute Gasteiger partial charge is 0.456 e. The van der Waals surface area contributed by atoms with E-state index in [2.05, 4.69) is 102 Å². The Hall–Kier alpha value is -6.85. The van der Waals surface area contributed by atoms with Gasteiger partial charge in [-0.25, -0.2) is 15.0 Å². The highest BCUT2D eigenvalue weighted by Gasteiger charge is 2.17. The van der Waals surface area contributed by atoms with Gasteiger partial charge in [0.15, 0.2) is 17.5 Å². The smallest absolute Gasteiger partial charge is 0.164 e. The van der Waals surface area contributed by atoms with Crippen LogP contribution in [0.3, 0.4) is 0 Å². The van der Waals surface area contributed by atoms with Crippen molar-refractivity contribution < 1.29 is 4.42 Å². The number of para-hydroxylation sites is 1. The van der Waals surface area contributed by atoms with Crippen LogP contribution < -0.4 is 0 Å². The van der Waals surface area contributed by atoms with Crippen LogP contribution in [0.1, 0.15) is 0 Å². The van der Waals surface area contributed by atoms with Crippen LogP contribution in [-0.2, 0) is 0 Å². The molecular formula is C45H28N4O. The van der Waals surface area contributed by atoms with E-state index in [1.807, 2.05) is 72.8 Å². The number of aromatic nitrogens is 4. The van der Waals surface area contributed by atoms with Crippen LogP contribution in [0.5, 0.6) is 0 Å². The Morgan fingerprint density at radius 3 is 1.60 bits per heavy atom. The third-order valence-electron chi connectivity index (χ3n) is 9.45.